The van der Waals surface area contributed by atoms with Gasteiger partial charge in [-0.2, -0.15) is 17.5 Å². The average Bonchev–Trinajstić information content (AvgIpc) is 3.40. The van der Waals surface area contributed by atoms with E-state index >= 15 is 0 Å². The summed E-state index contributed by atoms with van der Waals surface area (Å²) in [5.41, 5.74) is -0.916. The monoisotopic (exact) mass is 502 g/mol. The van der Waals surface area contributed by atoms with Gasteiger partial charge in [-0.25, -0.2) is 12.8 Å². The molecule has 0 bridgehead atoms. The molecular formula is C23H26F4N2O2S2. The van der Waals surface area contributed by atoms with Gasteiger partial charge in [-0.05, 0) is 69.1 Å². The predicted octanol–water partition coefficient (Wildman–Crippen LogP) is 5.44. The Balaban J connectivity index is 1.80. The van der Waals surface area contributed by atoms with Crippen LogP contribution in [0.3, 0.4) is 0 Å². The third-order valence-corrected chi connectivity index (χ3v) is 10.0. The summed E-state index contributed by atoms with van der Waals surface area (Å²) in [6.07, 6.45) is -2.86. The van der Waals surface area contributed by atoms with E-state index in [1.54, 1.807) is 0 Å². The van der Waals surface area contributed by atoms with Crippen molar-refractivity contribution < 1.29 is 26.0 Å². The van der Waals surface area contributed by atoms with Crippen molar-refractivity contribution in [1.82, 2.24) is 9.21 Å². The first-order valence-electron chi connectivity index (χ1n) is 10.8. The number of likely N-dealkylation sites (tertiary alicyclic amines) is 1. The molecule has 0 aliphatic carbocycles. The van der Waals surface area contributed by atoms with Crippen molar-refractivity contribution in [2.45, 2.75) is 55.2 Å². The van der Waals surface area contributed by atoms with E-state index in [0.717, 1.165) is 42.5 Å². The van der Waals surface area contributed by atoms with Gasteiger partial charge in [0.25, 0.3) is 0 Å². The van der Waals surface area contributed by atoms with Crippen LogP contribution in [0.1, 0.15) is 43.4 Å². The molecule has 2 aliphatic heterocycles. The largest absolute Gasteiger partial charge is 0.419 e. The van der Waals surface area contributed by atoms with Crippen LogP contribution in [0.5, 0.6) is 0 Å². The van der Waals surface area contributed by atoms with Crippen LogP contribution in [0.2, 0.25) is 0 Å². The molecule has 2 unspecified atom stereocenters. The Hall–Kier alpha value is -1.62. The van der Waals surface area contributed by atoms with Crippen LogP contribution in [0.15, 0.2) is 47.4 Å². The Kier molecular flexibility index (Phi) is 6.58. The number of thioether (sulfide) groups is 1. The lowest BCUT2D eigenvalue weighted by atomic mass is 9.90. The Morgan fingerprint density at radius 1 is 1.15 bits per heavy atom. The molecular weight excluding hydrogens is 476 g/mol. The first-order valence-corrected chi connectivity index (χ1v) is 13.3. The number of hydrogen-bond acceptors (Lipinski definition) is 4. The molecule has 33 heavy (non-hydrogen) atoms. The van der Waals surface area contributed by atoms with Crippen LogP contribution in [-0.4, -0.2) is 41.8 Å². The molecule has 2 heterocycles. The number of rotatable bonds is 6. The van der Waals surface area contributed by atoms with Crippen molar-refractivity contribution in [2.24, 2.45) is 0 Å². The molecule has 2 aromatic carbocycles. The number of halogens is 4. The molecule has 0 aromatic heterocycles. The number of benzene rings is 2. The molecule has 0 radical (unpaired) electrons. The first-order chi connectivity index (χ1) is 15.5. The second kappa shape index (κ2) is 8.87. The molecule has 0 saturated carbocycles. The molecule has 2 atom stereocenters. The molecule has 4 nitrogen and oxygen atoms in total. The van der Waals surface area contributed by atoms with E-state index in [1.807, 2.05) is 31.2 Å². The molecule has 0 spiro atoms. The van der Waals surface area contributed by atoms with E-state index in [1.165, 1.54) is 29.1 Å². The highest BCUT2D eigenvalue weighted by Crippen LogP contribution is 2.54. The zero-order chi connectivity index (χ0) is 24.0. The maximum absolute atomic E-state index is 13.8. The number of hydrogen-bond donors (Lipinski definition) is 0. The van der Waals surface area contributed by atoms with Crippen LogP contribution < -0.4 is 0 Å². The van der Waals surface area contributed by atoms with Gasteiger partial charge in [0.2, 0.25) is 10.0 Å². The van der Waals surface area contributed by atoms with Crippen LogP contribution >= 0.6 is 11.8 Å². The molecule has 2 aromatic rings. The fourth-order valence-corrected chi connectivity index (χ4v) is 7.96. The maximum atomic E-state index is 13.8. The van der Waals surface area contributed by atoms with Crippen LogP contribution in [0, 0.1) is 5.82 Å². The Morgan fingerprint density at radius 3 is 2.45 bits per heavy atom. The number of nitrogens with zero attached hydrogens (tertiary/aromatic N) is 2. The third kappa shape index (κ3) is 4.42. The molecule has 2 aliphatic rings. The van der Waals surface area contributed by atoms with Gasteiger partial charge in [-0.3, -0.25) is 4.90 Å². The van der Waals surface area contributed by atoms with Crippen molar-refractivity contribution in [3.63, 3.8) is 0 Å². The van der Waals surface area contributed by atoms with E-state index in [2.05, 4.69) is 4.90 Å². The molecule has 4 rings (SSSR count). The molecule has 10 heteroatoms. The second-order valence-corrected chi connectivity index (χ2v) is 11.9. The standard InChI is InChI=1S/C23H26F4N2O2S2/c1-3-33(30,31)29(15-16-10-11-19(24)18(14-16)23(25,26)27)21-22(2,28-12-6-7-13-28)17-8-4-5-9-20(17)32-21/h4-5,8-11,14,21H,3,6-7,12-13,15H2,1-2H3. The summed E-state index contributed by atoms with van der Waals surface area (Å²) in [6.45, 7) is 4.90. The summed E-state index contributed by atoms with van der Waals surface area (Å²) in [7, 11) is -3.81. The average molecular weight is 503 g/mol. The summed E-state index contributed by atoms with van der Waals surface area (Å²) >= 11 is 1.42. The summed E-state index contributed by atoms with van der Waals surface area (Å²) in [5.74, 6) is -1.57. The van der Waals surface area contributed by atoms with Gasteiger partial charge in [-0.15, -0.1) is 11.8 Å². The molecule has 180 valence electrons. The SMILES string of the molecule is CCS(=O)(=O)N(Cc1ccc(F)c(C(F)(F)F)c1)C1Sc2ccccc2C1(C)N1CCCC1. The molecule has 0 N–H and O–H groups in total. The molecule has 0 amide bonds. The van der Waals surface area contributed by atoms with Crippen molar-refractivity contribution in [2.75, 3.05) is 18.8 Å². The van der Waals surface area contributed by atoms with Crippen LogP contribution in [0.25, 0.3) is 0 Å². The van der Waals surface area contributed by atoms with Gasteiger partial charge in [0, 0.05) is 11.4 Å². The Morgan fingerprint density at radius 2 is 1.82 bits per heavy atom. The normalized spacial score (nSPS) is 23.9. The summed E-state index contributed by atoms with van der Waals surface area (Å²) in [5, 5.41) is -0.572. The fourth-order valence-electron chi connectivity index (χ4n) is 4.76. The van der Waals surface area contributed by atoms with E-state index in [9.17, 15) is 26.0 Å². The highest BCUT2D eigenvalue weighted by molar-refractivity contribution is 8.01. The predicted molar refractivity (Wildman–Crippen MR) is 121 cm³/mol. The molecule has 1 fully saturated rings. The summed E-state index contributed by atoms with van der Waals surface area (Å²) in [6, 6.07) is 10.5. The lowest BCUT2D eigenvalue weighted by Gasteiger charge is -2.44. The number of alkyl halides is 3. The minimum atomic E-state index is -4.86. The number of sulfonamides is 1. The third-order valence-electron chi connectivity index (χ3n) is 6.57. The smallest absolute Gasteiger partial charge is 0.292 e. The lowest BCUT2D eigenvalue weighted by Crippen LogP contribution is -2.55. The van der Waals surface area contributed by atoms with Crippen molar-refractivity contribution in [3.8, 4) is 0 Å². The van der Waals surface area contributed by atoms with Crippen LogP contribution in [0.4, 0.5) is 17.6 Å². The number of fused-ring (bicyclic) bond motifs is 1. The van der Waals surface area contributed by atoms with E-state index in [0.29, 0.717) is 6.07 Å². The zero-order valence-corrected chi connectivity index (χ0v) is 20.0. The summed E-state index contributed by atoms with van der Waals surface area (Å²) < 4.78 is 81.6. The zero-order valence-electron chi connectivity index (χ0n) is 18.4. The fraction of sp³-hybridized carbons (Fsp3) is 0.478. The van der Waals surface area contributed by atoms with Crippen LogP contribution in [-0.2, 0) is 28.3 Å². The van der Waals surface area contributed by atoms with Gasteiger partial charge < -0.3 is 0 Å². The lowest BCUT2D eigenvalue weighted by molar-refractivity contribution is -0.140. The van der Waals surface area contributed by atoms with E-state index in [-0.39, 0.29) is 17.9 Å². The Labute approximate surface area is 196 Å². The van der Waals surface area contributed by atoms with Crippen molar-refractivity contribution in [1.29, 1.82) is 0 Å². The van der Waals surface area contributed by atoms with Crippen molar-refractivity contribution >= 4 is 21.8 Å². The second-order valence-electron chi connectivity index (χ2n) is 8.57. The Bertz CT molecular complexity index is 1130. The van der Waals surface area contributed by atoms with Gasteiger partial charge in [0.15, 0.2) is 0 Å². The van der Waals surface area contributed by atoms with E-state index < -0.39 is 38.5 Å². The van der Waals surface area contributed by atoms with Gasteiger partial charge in [-0.1, -0.05) is 24.3 Å². The first kappa shape index (κ1) is 24.5. The van der Waals surface area contributed by atoms with Gasteiger partial charge in [0.1, 0.15) is 5.82 Å². The molecule has 1 saturated heterocycles. The minimum absolute atomic E-state index is 0.0982. The van der Waals surface area contributed by atoms with Crippen molar-refractivity contribution in [3.05, 3.63) is 65.0 Å². The van der Waals surface area contributed by atoms with Gasteiger partial charge in [0.05, 0.1) is 22.2 Å². The van der Waals surface area contributed by atoms with E-state index in [4.69, 9.17) is 0 Å². The topological polar surface area (TPSA) is 40.6 Å². The maximum Gasteiger partial charge on any atom is 0.419 e. The van der Waals surface area contributed by atoms with Gasteiger partial charge >= 0.3 is 6.18 Å². The quantitative estimate of drug-likeness (QED) is 0.494. The highest BCUT2D eigenvalue weighted by atomic mass is 32.2. The minimum Gasteiger partial charge on any atom is -0.292 e. The highest BCUT2D eigenvalue weighted by Gasteiger charge is 2.53. The summed E-state index contributed by atoms with van der Waals surface area (Å²) in [4.78, 5) is 3.24.